The fourth-order valence-corrected chi connectivity index (χ4v) is 3.77. The summed E-state index contributed by atoms with van der Waals surface area (Å²) >= 11 is 0. The molecular weight excluding hydrogens is 461 g/mol. The van der Waals surface area contributed by atoms with E-state index in [0.717, 1.165) is 4.90 Å². The monoisotopic (exact) mass is 487 g/mol. The second-order valence-electron chi connectivity index (χ2n) is 7.97. The van der Waals surface area contributed by atoms with Gasteiger partial charge in [-0.2, -0.15) is 0 Å². The molecule has 1 aliphatic heterocycles. The Morgan fingerprint density at radius 2 is 1.71 bits per heavy atom. The van der Waals surface area contributed by atoms with Crippen molar-refractivity contribution in [3.8, 4) is 11.5 Å². The van der Waals surface area contributed by atoms with Gasteiger partial charge >= 0.3 is 12.0 Å². The highest BCUT2D eigenvalue weighted by molar-refractivity contribution is 6.09. The summed E-state index contributed by atoms with van der Waals surface area (Å²) < 4.78 is 28.5. The van der Waals surface area contributed by atoms with Gasteiger partial charge in [-0.15, -0.1) is 0 Å². The molecule has 11 heteroatoms. The third-order valence-electron chi connectivity index (χ3n) is 5.74. The first kappa shape index (κ1) is 25.5. The van der Waals surface area contributed by atoms with E-state index in [9.17, 15) is 23.6 Å². The van der Waals surface area contributed by atoms with Gasteiger partial charge in [0.1, 0.15) is 17.9 Å². The number of carbonyl (C=O) groups is 4. The van der Waals surface area contributed by atoms with Crippen LogP contribution < -0.4 is 20.1 Å². The zero-order valence-electron chi connectivity index (χ0n) is 19.7. The van der Waals surface area contributed by atoms with Gasteiger partial charge in [0.05, 0.1) is 33.8 Å². The molecule has 2 aromatic carbocycles. The smallest absolute Gasteiger partial charge is 0.325 e. The quantitative estimate of drug-likeness (QED) is 0.410. The van der Waals surface area contributed by atoms with Crippen LogP contribution in [0.2, 0.25) is 0 Å². The maximum atomic E-state index is 13.3. The van der Waals surface area contributed by atoms with E-state index < -0.39 is 47.8 Å². The molecule has 35 heavy (non-hydrogen) atoms. The second kappa shape index (κ2) is 10.4. The topological polar surface area (TPSA) is 123 Å². The number of halogens is 1. The molecule has 4 amide bonds. The normalized spacial score (nSPS) is 18.0. The fraction of sp³-hybridized carbons (Fsp3) is 0.333. The molecular formula is C24H26FN3O7. The first-order valence-corrected chi connectivity index (χ1v) is 10.6. The lowest BCUT2D eigenvalue weighted by Gasteiger charge is -2.23. The minimum absolute atomic E-state index is 0.203. The summed E-state index contributed by atoms with van der Waals surface area (Å²) in [6, 6.07) is 8.40. The maximum Gasteiger partial charge on any atom is 0.325 e. The second-order valence-corrected chi connectivity index (χ2v) is 7.97. The van der Waals surface area contributed by atoms with Gasteiger partial charge in [0.2, 0.25) is 5.91 Å². The third kappa shape index (κ3) is 5.34. The van der Waals surface area contributed by atoms with E-state index in [0.29, 0.717) is 22.6 Å². The van der Waals surface area contributed by atoms with E-state index in [4.69, 9.17) is 14.2 Å². The standard InChI is InChI=1S/C24H26FN3O7/c1-24(15-6-8-16(25)9-7-15)22(31)28(23(32)27-24)13-20(29)26-17(12-21(30)35-4)14-5-10-18(33-2)19(11-14)34-3/h5-11,17H,12-13H2,1-4H3,(H,26,29)(H,27,32). The molecule has 186 valence electrons. The zero-order chi connectivity index (χ0) is 25.8. The van der Waals surface area contributed by atoms with Gasteiger partial charge in [-0.25, -0.2) is 9.18 Å². The molecule has 2 N–H and O–H groups in total. The van der Waals surface area contributed by atoms with Crippen molar-refractivity contribution in [1.29, 1.82) is 0 Å². The molecule has 1 aliphatic rings. The summed E-state index contributed by atoms with van der Waals surface area (Å²) in [6.45, 7) is 0.883. The molecule has 0 spiro atoms. The van der Waals surface area contributed by atoms with Gasteiger partial charge in [-0.05, 0) is 42.3 Å². The molecule has 2 aromatic rings. The Bertz CT molecular complexity index is 1140. The van der Waals surface area contributed by atoms with Gasteiger partial charge in [-0.3, -0.25) is 19.3 Å². The Balaban J connectivity index is 1.79. The van der Waals surface area contributed by atoms with Crippen molar-refractivity contribution in [2.24, 2.45) is 0 Å². The molecule has 0 aliphatic carbocycles. The molecule has 0 radical (unpaired) electrons. The van der Waals surface area contributed by atoms with E-state index in [1.165, 1.54) is 52.5 Å². The molecule has 2 unspecified atom stereocenters. The van der Waals surface area contributed by atoms with E-state index in [-0.39, 0.29) is 6.42 Å². The van der Waals surface area contributed by atoms with Crippen LogP contribution in [0, 0.1) is 5.82 Å². The van der Waals surface area contributed by atoms with E-state index in [1.54, 1.807) is 18.2 Å². The number of hydrogen-bond donors (Lipinski definition) is 2. The summed E-state index contributed by atoms with van der Waals surface area (Å²) in [5.74, 6) is -1.57. The SMILES string of the molecule is COC(=O)CC(NC(=O)CN1C(=O)NC(C)(c2ccc(F)cc2)C1=O)c1ccc(OC)c(OC)c1. The van der Waals surface area contributed by atoms with Crippen LogP contribution in [0.25, 0.3) is 0 Å². The van der Waals surface area contributed by atoms with Crippen molar-refractivity contribution in [2.45, 2.75) is 24.9 Å². The average Bonchev–Trinajstić information content (AvgIpc) is 3.06. The molecule has 2 atom stereocenters. The lowest BCUT2D eigenvalue weighted by molar-refractivity contribution is -0.141. The van der Waals surface area contributed by atoms with Crippen molar-refractivity contribution in [3.05, 3.63) is 59.4 Å². The van der Waals surface area contributed by atoms with Crippen molar-refractivity contribution >= 4 is 23.8 Å². The minimum Gasteiger partial charge on any atom is -0.493 e. The summed E-state index contributed by atoms with van der Waals surface area (Å²) in [6.07, 6.45) is -0.203. The highest BCUT2D eigenvalue weighted by Gasteiger charge is 2.49. The lowest BCUT2D eigenvalue weighted by Crippen LogP contribution is -2.44. The number of carbonyl (C=O) groups excluding carboxylic acids is 4. The first-order chi connectivity index (χ1) is 16.6. The lowest BCUT2D eigenvalue weighted by atomic mass is 9.92. The Morgan fingerprint density at radius 3 is 2.31 bits per heavy atom. The number of urea groups is 1. The molecule has 1 heterocycles. The minimum atomic E-state index is -1.46. The van der Waals surface area contributed by atoms with E-state index in [1.807, 2.05) is 0 Å². The van der Waals surface area contributed by atoms with Crippen LogP contribution in [0.5, 0.6) is 11.5 Å². The molecule has 0 bridgehead atoms. The molecule has 1 saturated heterocycles. The van der Waals surface area contributed by atoms with Crippen LogP contribution in [0.4, 0.5) is 9.18 Å². The number of nitrogens with one attached hydrogen (secondary N) is 2. The summed E-state index contributed by atoms with van der Waals surface area (Å²) in [7, 11) is 4.15. The summed E-state index contributed by atoms with van der Waals surface area (Å²) in [4.78, 5) is 51.2. The largest absolute Gasteiger partial charge is 0.493 e. The number of rotatable bonds is 9. The van der Waals surface area contributed by atoms with Crippen LogP contribution in [-0.2, 0) is 24.7 Å². The predicted octanol–water partition coefficient (Wildman–Crippen LogP) is 2.03. The predicted molar refractivity (Wildman–Crippen MR) is 121 cm³/mol. The number of hydrogen-bond acceptors (Lipinski definition) is 7. The van der Waals surface area contributed by atoms with Crippen molar-refractivity contribution in [2.75, 3.05) is 27.9 Å². The van der Waals surface area contributed by atoms with Gasteiger partial charge in [0.25, 0.3) is 5.91 Å². The van der Waals surface area contributed by atoms with Gasteiger partial charge in [0.15, 0.2) is 11.5 Å². The zero-order valence-corrected chi connectivity index (χ0v) is 19.7. The molecule has 0 aromatic heterocycles. The van der Waals surface area contributed by atoms with Crippen molar-refractivity contribution in [3.63, 3.8) is 0 Å². The Labute approximate surface area is 201 Å². The molecule has 0 saturated carbocycles. The highest BCUT2D eigenvalue weighted by atomic mass is 19.1. The Kier molecular flexibility index (Phi) is 7.58. The first-order valence-electron chi connectivity index (χ1n) is 10.6. The highest BCUT2D eigenvalue weighted by Crippen LogP contribution is 2.32. The van der Waals surface area contributed by atoms with Crippen LogP contribution in [-0.4, -0.2) is 56.6 Å². The number of methoxy groups -OCH3 is 3. The van der Waals surface area contributed by atoms with Gasteiger partial charge < -0.3 is 24.8 Å². The fourth-order valence-electron chi connectivity index (χ4n) is 3.77. The number of nitrogens with zero attached hydrogens (tertiary/aromatic N) is 1. The Morgan fingerprint density at radius 1 is 1.06 bits per heavy atom. The van der Waals surface area contributed by atoms with Crippen LogP contribution >= 0.6 is 0 Å². The van der Waals surface area contributed by atoms with E-state index >= 15 is 0 Å². The summed E-state index contributed by atoms with van der Waals surface area (Å²) in [5, 5.41) is 5.23. The Hall–Kier alpha value is -4.15. The number of ether oxygens (including phenoxy) is 3. The molecule has 3 rings (SSSR count). The number of esters is 1. The third-order valence-corrected chi connectivity index (χ3v) is 5.74. The van der Waals surface area contributed by atoms with Crippen LogP contribution in [0.3, 0.4) is 0 Å². The molecule has 1 fully saturated rings. The van der Waals surface area contributed by atoms with Crippen LogP contribution in [0.1, 0.15) is 30.5 Å². The summed E-state index contributed by atoms with van der Waals surface area (Å²) in [5.41, 5.74) is -0.566. The van der Waals surface area contributed by atoms with E-state index in [2.05, 4.69) is 10.6 Å². The van der Waals surface area contributed by atoms with Crippen molar-refractivity contribution < 1.29 is 37.8 Å². The average molecular weight is 487 g/mol. The van der Waals surface area contributed by atoms with Crippen molar-refractivity contribution in [1.82, 2.24) is 15.5 Å². The maximum absolute atomic E-state index is 13.3. The van der Waals surface area contributed by atoms with Gasteiger partial charge in [-0.1, -0.05) is 18.2 Å². The number of benzene rings is 2. The number of imide groups is 1. The van der Waals surface area contributed by atoms with Crippen LogP contribution in [0.15, 0.2) is 42.5 Å². The number of amides is 4. The molecule has 10 nitrogen and oxygen atoms in total. The van der Waals surface area contributed by atoms with Gasteiger partial charge in [0, 0.05) is 0 Å².